The quantitative estimate of drug-likeness (QED) is 0.610. The molecule has 0 radical (unpaired) electrons. The van der Waals surface area contributed by atoms with Gasteiger partial charge in [0, 0.05) is 35.1 Å². The average molecular weight is 379 g/mol. The largest absolute Gasteiger partial charge is 0.494 e. The number of para-hydroxylation sites is 1. The van der Waals surface area contributed by atoms with Gasteiger partial charge in [-0.25, -0.2) is 0 Å². The summed E-state index contributed by atoms with van der Waals surface area (Å²) in [6, 6.07) is 13.2. The zero-order valence-corrected chi connectivity index (χ0v) is 15.7. The van der Waals surface area contributed by atoms with Gasteiger partial charge in [0.1, 0.15) is 11.4 Å². The Morgan fingerprint density at radius 2 is 1.86 bits per heavy atom. The van der Waals surface area contributed by atoms with E-state index in [1.54, 1.807) is 42.5 Å². The molecule has 0 aliphatic rings. The average Bonchev–Trinajstić information content (AvgIpc) is 2.69. The maximum absolute atomic E-state index is 12.6. The zero-order chi connectivity index (χ0) is 20.1. The van der Waals surface area contributed by atoms with Crippen LogP contribution in [0.15, 0.2) is 53.3 Å². The van der Waals surface area contributed by atoms with Gasteiger partial charge in [0.2, 0.25) is 5.91 Å². The number of ether oxygens (including phenoxy) is 1. The molecule has 0 fully saturated rings. The molecule has 3 rings (SSSR count). The molecule has 0 bridgehead atoms. The second-order valence-corrected chi connectivity index (χ2v) is 6.26. The molecule has 0 aliphatic carbocycles. The van der Waals surface area contributed by atoms with Crippen LogP contribution in [0, 0.1) is 0 Å². The van der Waals surface area contributed by atoms with Crippen molar-refractivity contribution in [3.63, 3.8) is 0 Å². The molecule has 0 aliphatic heterocycles. The minimum atomic E-state index is -0.451. The van der Waals surface area contributed by atoms with Crippen molar-refractivity contribution in [1.29, 1.82) is 0 Å². The lowest BCUT2D eigenvalue weighted by Crippen LogP contribution is -2.17. The predicted molar refractivity (Wildman–Crippen MR) is 109 cm³/mol. The number of pyridine rings is 1. The SMILES string of the molecule is CCCC(=O)Nc1ccc(NC(=O)c2cc(=O)c3ccccc3[nH]2)cc1OC. The Morgan fingerprint density at radius 3 is 2.61 bits per heavy atom. The second kappa shape index (κ2) is 8.39. The van der Waals surface area contributed by atoms with Crippen LogP contribution in [0.4, 0.5) is 11.4 Å². The van der Waals surface area contributed by atoms with Crippen LogP contribution >= 0.6 is 0 Å². The van der Waals surface area contributed by atoms with Crippen molar-refractivity contribution in [1.82, 2.24) is 4.98 Å². The zero-order valence-electron chi connectivity index (χ0n) is 15.7. The van der Waals surface area contributed by atoms with Crippen LogP contribution in [0.1, 0.15) is 30.3 Å². The van der Waals surface area contributed by atoms with Crippen molar-refractivity contribution in [2.24, 2.45) is 0 Å². The highest BCUT2D eigenvalue weighted by Gasteiger charge is 2.12. The number of rotatable bonds is 6. The third-order valence-corrected chi connectivity index (χ3v) is 4.19. The van der Waals surface area contributed by atoms with E-state index in [2.05, 4.69) is 15.6 Å². The van der Waals surface area contributed by atoms with Gasteiger partial charge in [-0.2, -0.15) is 0 Å². The fourth-order valence-corrected chi connectivity index (χ4v) is 2.83. The van der Waals surface area contributed by atoms with Gasteiger partial charge in [0.05, 0.1) is 12.8 Å². The normalized spacial score (nSPS) is 10.5. The van der Waals surface area contributed by atoms with E-state index < -0.39 is 5.91 Å². The fraction of sp³-hybridized carbons (Fsp3) is 0.190. The van der Waals surface area contributed by atoms with Gasteiger partial charge in [-0.05, 0) is 30.7 Å². The first-order valence-corrected chi connectivity index (χ1v) is 8.93. The van der Waals surface area contributed by atoms with Gasteiger partial charge in [-0.3, -0.25) is 14.4 Å². The van der Waals surface area contributed by atoms with Crippen molar-refractivity contribution >= 4 is 34.1 Å². The number of hydrogen-bond donors (Lipinski definition) is 3. The van der Waals surface area contributed by atoms with E-state index in [1.165, 1.54) is 13.2 Å². The standard InChI is InChI=1S/C21H21N3O4/c1-3-6-20(26)24-16-10-9-13(11-19(16)28-2)22-21(27)17-12-18(25)14-7-4-5-8-15(14)23-17/h4-5,7-12H,3,6H2,1-2H3,(H,22,27)(H,23,25)(H,24,26). The monoisotopic (exact) mass is 379 g/mol. The first kappa shape index (κ1) is 19.2. The summed E-state index contributed by atoms with van der Waals surface area (Å²) in [5.74, 6) is -0.131. The molecule has 0 unspecified atom stereocenters. The van der Waals surface area contributed by atoms with Gasteiger partial charge in [-0.15, -0.1) is 0 Å². The van der Waals surface area contributed by atoms with Gasteiger partial charge >= 0.3 is 0 Å². The third kappa shape index (κ3) is 4.20. The number of nitrogens with one attached hydrogen (secondary N) is 3. The number of hydrogen-bond acceptors (Lipinski definition) is 4. The summed E-state index contributed by atoms with van der Waals surface area (Å²) in [6.45, 7) is 1.92. The van der Waals surface area contributed by atoms with E-state index in [0.29, 0.717) is 34.4 Å². The molecule has 0 saturated carbocycles. The van der Waals surface area contributed by atoms with E-state index in [4.69, 9.17) is 4.74 Å². The highest BCUT2D eigenvalue weighted by molar-refractivity contribution is 6.04. The maximum Gasteiger partial charge on any atom is 0.272 e. The number of aromatic nitrogens is 1. The van der Waals surface area contributed by atoms with Gasteiger partial charge in [0.15, 0.2) is 5.43 Å². The van der Waals surface area contributed by atoms with Crippen molar-refractivity contribution in [3.8, 4) is 5.75 Å². The van der Waals surface area contributed by atoms with Crippen molar-refractivity contribution in [2.75, 3.05) is 17.7 Å². The Kier molecular flexibility index (Phi) is 5.74. The Hall–Kier alpha value is -3.61. The molecule has 0 atom stereocenters. The van der Waals surface area contributed by atoms with Crippen molar-refractivity contribution in [2.45, 2.75) is 19.8 Å². The highest BCUT2D eigenvalue weighted by Crippen LogP contribution is 2.28. The van der Waals surface area contributed by atoms with E-state index in [9.17, 15) is 14.4 Å². The van der Waals surface area contributed by atoms with E-state index in [1.807, 2.05) is 6.92 Å². The number of aromatic amines is 1. The molecule has 7 heteroatoms. The Morgan fingerprint density at radius 1 is 1.07 bits per heavy atom. The third-order valence-electron chi connectivity index (χ3n) is 4.19. The van der Waals surface area contributed by atoms with Crippen molar-refractivity contribution < 1.29 is 14.3 Å². The summed E-state index contributed by atoms with van der Waals surface area (Å²) in [5.41, 5.74) is 1.52. The van der Waals surface area contributed by atoms with Crippen LogP contribution in [0.2, 0.25) is 0 Å². The molecule has 2 amide bonds. The summed E-state index contributed by atoms with van der Waals surface area (Å²) in [6.07, 6.45) is 1.16. The Balaban J connectivity index is 1.82. The fourth-order valence-electron chi connectivity index (χ4n) is 2.83. The smallest absolute Gasteiger partial charge is 0.272 e. The topological polar surface area (TPSA) is 100 Å². The predicted octanol–water partition coefficient (Wildman–Crippen LogP) is 3.53. The van der Waals surface area contributed by atoms with E-state index >= 15 is 0 Å². The summed E-state index contributed by atoms with van der Waals surface area (Å²) in [5, 5.41) is 6.03. The summed E-state index contributed by atoms with van der Waals surface area (Å²) in [7, 11) is 1.48. The molecule has 1 aromatic heterocycles. The second-order valence-electron chi connectivity index (χ2n) is 6.26. The number of carbonyl (C=O) groups excluding carboxylic acids is 2. The maximum atomic E-state index is 12.6. The van der Waals surface area contributed by atoms with Gasteiger partial charge in [0.25, 0.3) is 5.91 Å². The molecule has 2 aromatic carbocycles. The lowest BCUT2D eigenvalue weighted by Gasteiger charge is -2.12. The first-order chi connectivity index (χ1) is 13.5. The van der Waals surface area contributed by atoms with Crippen LogP contribution < -0.4 is 20.8 Å². The molecule has 144 valence electrons. The molecular formula is C21H21N3O4. The lowest BCUT2D eigenvalue weighted by atomic mass is 10.2. The molecule has 3 N–H and O–H groups in total. The van der Waals surface area contributed by atoms with Gasteiger partial charge < -0.3 is 20.4 Å². The summed E-state index contributed by atoms with van der Waals surface area (Å²) >= 11 is 0. The highest BCUT2D eigenvalue weighted by atomic mass is 16.5. The number of fused-ring (bicyclic) bond motifs is 1. The summed E-state index contributed by atoms with van der Waals surface area (Å²) in [4.78, 5) is 39.5. The lowest BCUT2D eigenvalue weighted by molar-refractivity contribution is -0.116. The molecular weight excluding hydrogens is 358 g/mol. The molecule has 28 heavy (non-hydrogen) atoms. The van der Waals surface area contributed by atoms with Crippen LogP contribution in [-0.4, -0.2) is 23.9 Å². The minimum Gasteiger partial charge on any atom is -0.494 e. The number of anilines is 2. The Bertz CT molecular complexity index is 1090. The minimum absolute atomic E-state index is 0.105. The van der Waals surface area contributed by atoms with Gasteiger partial charge in [-0.1, -0.05) is 19.1 Å². The molecule has 0 spiro atoms. The van der Waals surface area contributed by atoms with E-state index in [-0.39, 0.29) is 17.0 Å². The number of methoxy groups -OCH3 is 1. The number of H-pyrrole nitrogens is 1. The van der Waals surface area contributed by atoms with E-state index in [0.717, 1.165) is 6.42 Å². The molecule has 3 aromatic rings. The Labute approximate surface area is 161 Å². The number of carbonyl (C=O) groups is 2. The van der Waals surface area contributed by atoms with Crippen LogP contribution in [0.25, 0.3) is 10.9 Å². The number of amides is 2. The van der Waals surface area contributed by atoms with Crippen LogP contribution in [0.5, 0.6) is 5.75 Å². The molecule has 7 nitrogen and oxygen atoms in total. The first-order valence-electron chi connectivity index (χ1n) is 8.93. The summed E-state index contributed by atoms with van der Waals surface area (Å²) < 4.78 is 5.31. The van der Waals surface area contributed by atoms with Crippen LogP contribution in [0.3, 0.4) is 0 Å². The molecule has 1 heterocycles. The molecule has 0 saturated heterocycles. The number of benzene rings is 2. The van der Waals surface area contributed by atoms with Crippen LogP contribution in [-0.2, 0) is 4.79 Å². The van der Waals surface area contributed by atoms with Crippen molar-refractivity contribution in [3.05, 3.63) is 64.4 Å².